The fourth-order valence-electron chi connectivity index (χ4n) is 1.18. The summed E-state index contributed by atoms with van der Waals surface area (Å²) in [6, 6.07) is 5.51. The minimum Gasteiger partial charge on any atom is -0.325 e. The summed E-state index contributed by atoms with van der Waals surface area (Å²) in [4.78, 5) is 16.4. The molecule has 1 heterocycles. The standard InChI is InChI=1S/C13H21N3O/c1-9-7-6-8-10(15-9)16-11(17)12(2,3)13(4,5)14/h6-8H,14H2,1-5H3,(H,15,16,17). The van der Waals surface area contributed by atoms with Crippen molar-refractivity contribution < 1.29 is 4.79 Å². The highest BCUT2D eigenvalue weighted by atomic mass is 16.2. The van der Waals surface area contributed by atoms with Crippen LogP contribution in [0.3, 0.4) is 0 Å². The van der Waals surface area contributed by atoms with E-state index < -0.39 is 11.0 Å². The van der Waals surface area contributed by atoms with Gasteiger partial charge in [0.2, 0.25) is 5.91 Å². The molecule has 0 unspecified atom stereocenters. The molecule has 0 saturated carbocycles. The van der Waals surface area contributed by atoms with Crippen LogP contribution in [0.4, 0.5) is 5.82 Å². The summed E-state index contributed by atoms with van der Waals surface area (Å²) in [5, 5.41) is 2.80. The van der Waals surface area contributed by atoms with E-state index in [0.717, 1.165) is 5.69 Å². The first-order valence-corrected chi connectivity index (χ1v) is 5.68. The average molecular weight is 235 g/mol. The van der Waals surface area contributed by atoms with Gasteiger partial charge in [-0.3, -0.25) is 4.79 Å². The molecule has 94 valence electrons. The van der Waals surface area contributed by atoms with E-state index in [-0.39, 0.29) is 5.91 Å². The van der Waals surface area contributed by atoms with Gasteiger partial charge in [-0.2, -0.15) is 0 Å². The topological polar surface area (TPSA) is 68.0 Å². The van der Waals surface area contributed by atoms with E-state index in [1.165, 1.54) is 0 Å². The number of nitrogens with two attached hydrogens (primary N) is 1. The first-order valence-electron chi connectivity index (χ1n) is 5.68. The fourth-order valence-corrected chi connectivity index (χ4v) is 1.18. The predicted octanol–water partition coefficient (Wildman–Crippen LogP) is 2.09. The van der Waals surface area contributed by atoms with Gasteiger partial charge in [0.1, 0.15) is 5.82 Å². The molecule has 17 heavy (non-hydrogen) atoms. The maximum absolute atomic E-state index is 12.2. The van der Waals surface area contributed by atoms with Crippen LogP contribution in [0.15, 0.2) is 18.2 Å². The third-order valence-corrected chi connectivity index (χ3v) is 3.31. The van der Waals surface area contributed by atoms with E-state index in [2.05, 4.69) is 10.3 Å². The molecule has 1 amide bonds. The molecule has 0 atom stereocenters. The molecule has 1 rings (SSSR count). The van der Waals surface area contributed by atoms with Crippen molar-refractivity contribution in [3.8, 4) is 0 Å². The lowest BCUT2D eigenvalue weighted by Gasteiger charge is -2.36. The number of carbonyl (C=O) groups is 1. The first-order chi connectivity index (χ1) is 7.64. The van der Waals surface area contributed by atoms with Crippen molar-refractivity contribution in [2.24, 2.45) is 11.1 Å². The van der Waals surface area contributed by atoms with E-state index in [1.807, 2.05) is 46.8 Å². The van der Waals surface area contributed by atoms with Crippen LogP contribution in [0.2, 0.25) is 0 Å². The second-order valence-electron chi connectivity index (χ2n) is 5.47. The van der Waals surface area contributed by atoms with Gasteiger partial charge in [0.15, 0.2) is 0 Å². The SMILES string of the molecule is Cc1cccc(NC(=O)C(C)(C)C(C)(C)N)n1. The number of hydrogen-bond acceptors (Lipinski definition) is 3. The highest BCUT2D eigenvalue weighted by molar-refractivity contribution is 5.95. The molecule has 0 aliphatic carbocycles. The van der Waals surface area contributed by atoms with Crippen LogP contribution in [-0.4, -0.2) is 16.4 Å². The number of anilines is 1. The summed E-state index contributed by atoms with van der Waals surface area (Å²) in [7, 11) is 0. The summed E-state index contributed by atoms with van der Waals surface area (Å²) in [6.07, 6.45) is 0. The molecule has 0 aliphatic rings. The van der Waals surface area contributed by atoms with Gasteiger partial charge < -0.3 is 11.1 Å². The molecule has 0 saturated heterocycles. The van der Waals surface area contributed by atoms with Crippen molar-refractivity contribution in [2.75, 3.05) is 5.32 Å². The Labute approximate surface area is 103 Å². The van der Waals surface area contributed by atoms with Gasteiger partial charge in [0.05, 0.1) is 5.41 Å². The Kier molecular flexibility index (Phi) is 3.57. The van der Waals surface area contributed by atoms with Crippen molar-refractivity contribution in [1.29, 1.82) is 0 Å². The van der Waals surface area contributed by atoms with Gasteiger partial charge >= 0.3 is 0 Å². The Bertz CT molecular complexity index is 419. The maximum Gasteiger partial charge on any atom is 0.233 e. The molecule has 0 bridgehead atoms. The van der Waals surface area contributed by atoms with E-state index in [1.54, 1.807) is 6.07 Å². The van der Waals surface area contributed by atoms with E-state index in [0.29, 0.717) is 5.82 Å². The number of nitrogens with zero attached hydrogens (tertiary/aromatic N) is 1. The van der Waals surface area contributed by atoms with Crippen LogP contribution in [0.25, 0.3) is 0 Å². The summed E-state index contributed by atoms with van der Waals surface area (Å²) < 4.78 is 0. The second-order valence-corrected chi connectivity index (χ2v) is 5.47. The minimum atomic E-state index is -0.668. The smallest absolute Gasteiger partial charge is 0.233 e. The Hall–Kier alpha value is -1.42. The molecule has 1 aromatic rings. The van der Waals surface area contributed by atoms with Gasteiger partial charge in [0, 0.05) is 11.2 Å². The fraction of sp³-hybridized carbons (Fsp3) is 0.538. The zero-order valence-electron chi connectivity index (χ0n) is 11.2. The van der Waals surface area contributed by atoms with E-state index >= 15 is 0 Å². The van der Waals surface area contributed by atoms with Crippen LogP contribution in [0.1, 0.15) is 33.4 Å². The van der Waals surface area contributed by atoms with E-state index in [9.17, 15) is 4.79 Å². The van der Waals surface area contributed by atoms with Crippen LogP contribution >= 0.6 is 0 Å². The van der Waals surface area contributed by atoms with Crippen molar-refractivity contribution in [2.45, 2.75) is 40.2 Å². The van der Waals surface area contributed by atoms with Crippen molar-refractivity contribution in [1.82, 2.24) is 4.98 Å². The van der Waals surface area contributed by atoms with Crippen LogP contribution in [-0.2, 0) is 4.79 Å². The lowest BCUT2D eigenvalue weighted by atomic mass is 9.74. The molecule has 0 fully saturated rings. The number of pyridine rings is 1. The molecule has 1 aromatic heterocycles. The number of nitrogens with one attached hydrogen (secondary N) is 1. The third kappa shape index (κ3) is 3.03. The molecular formula is C13H21N3O. The summed E-state index contributed by atoms with van der Waals surface area (Å²) >= 11 is 0. The highest BCUT2D eigenvalue weighted by Gasteiger charge is 2.40. The Balaban J connectivity index is 2.87. The monoisotopic (exact) mass is 235 g/mol. The van der Waals surface area contributed by atoms with Crippen molar-refractivity contribution in [3.05, 3.63) is 23.9 Å². The predicted molar refractivity (Wildman–Crippen MR) is 69.7 cm³/mol. The van der Waals surface area contributed by atoms with Crippen LogP contribution in [0.5, 0.6) is 0 Å². The second kappa shape index (κ2) is 4.45. The number of carbonyl (C=O) groups excluding carboxylic acids is 1. The largest absolute Gasteiger partial charge is 0.325 e. The normalized spacial score (nSPS) is 12.4. The quantitative estimate of drug-likeness (QED) is 0.843. The van der Waals surface area contributed by atoms with Gasteiger partial charge in [-0.05, 0) is 46.8 Å². The molecule has 3 N–H and O–H groups in total. The average Bonchev–Trinajstić information content (AvgIpc) is 2.15. The first kappa shape index (κ1) is 13.6. The van der Waals surface area contributed by atoms with Crippen LogP contribution in [0, 0.1) is 12.3 Å². The molecule has 4 nitrogen and oxygen atoms in total. The van der Waals surface area contributed by atoms with Crippen LogP contribution < -0.4 is 11.1 Å². The highest BCUT2D eigenvalue weighted by Crippen LogP contribution is 2.29. The van der Waals surface area contributed by atoms with Gasteiger partial charge in [-0.15, -0.1) is 0 Å². The molecule has 4 heteroatoms. The number of aromatic nitrogens is 1. The number of amides is 1. The van der Waals surface area contributed by atoms with Crippen molar-refractivity contribution >= 4 is 11.7 Å². The van der Waals surface area contributed by atoms with Gasteiger partial charge in [-0.1, -0.05) is 6.07 Å². The Morgan fingerprint density at radius 3 is 2.35 bits per heavy atom. The summed E-state index contributed by atoms with van der Waals surface area (Å²) in [5.41, 5.74) is 5.62. The molecule has 0 radical (unpaired) electrons. The summed E-state index contributed by atoms with van der Waals surface area (Å²) in [5.74, 6) is 0.440. The molecule has 0 aliphatic heterocycles. The number of aryl methyl sites for hydroxylation is 1. The molecule has 0 aromatic carbocycles. The number of hydrogen-bond donors (Lipinski definition) is 2. The Morgan fingerprint density at radius 1 is 1.29 bits per heavy atom. The zero-order chi connectivity index (χ0) is 13.3. The minimum absolute atomic E-state index is 0.122. The molecular weight excluding hydrogens is 214 g/mol. The lowest BCUT2D eigenvalue weighted by molar-refractivity contribution is -0.126. The molecule has 0 spiro atoms. The number of rotatable bonds is 3. The zero-order valence-corrected chi connectivity index (χ0v) is 11.2. The summed E-state index contributed by atoms with van der Waals surface area (Å²) in [6.45, 7) is 9.23. The maximum atomic E-state index is 12.2. The van der Waals surface area contributed by atoms with E-state index in [4.69, 9.17) is 5.73 Å². The Morgan fingerprint density at radius 2 is 1.88 bits per heavy atom. The van der Waals surface area contributed by atoms with Gasteiger partial charge in [-0.25, -0.2) is 4.98 Å². The van der Waals surface area contributed by atoms with Gasteiger partial charge in [0.25, 0.3) is 0 Å². The lowest BCUT2D eigenvalue weighted by Crippen LogP contribution is -2.53. The van der Waals surface area contributed by atoms with Crippen molar-refractivity contribution in [3.63, 3.8) is 0 Å². The third-order valence-electron chi connectivity index (χ3n) is 3.31.